The lowest BCUT2D eigenvalue weighted by Gasteiger charge is -2.12. The molecule has 184 valence electrons. The summed E-state index contributed by atoms with van der Waals surface area (Å²) >= 11 is 0. The number of hydrazine groups is 1. The molecule has 4 aromatic rings. The Kier molecular flexibility index (Phi) is 12.6. The van der Waals surface area contributed by atoms with Gasteiger partial charge in [-0.3, -0.25) is 16.1 Å². The van der Waals surface area contributed by atoms with E-state index < -0.39 is 0 Å². The van der Waals surface area contributed by atoms with Crippen molar-refractivity contribution in [1.29, 1.82) is 0 Å². The average Bonchev–Trinajstić information content (AvgIpc) is 3.21. The summed E-state index contributed by atoms with van der Waals surface area (Å²) in [4.78, 5) is 11.7. The maximum Gasteiger partial charge on any atom is 0.150 e. The van der Waals surface area contributed by atoms with Gasteiger partial charge in [-0.05, 0) is 48.7 Å². The number of nitrogens with one attached hydrogen (secondary N) is 1. The molecule has 34 heavy (non-hydrogen) atoms. The Bertz CT molecular complexity index is 1160. The molecule has 4 rings (SSSR count). The van der Waals surface area contributed by atoms with Crippen molar-refractivity contribution in [3.63, 3.8) is 0 Å². The van der Waals surface area contributed by atoms with E-state index in [0.717, 1.165) is 52.1 Å². The van der Waals surface area contributed by atoms with Gasteiger partial charge in [-0.25, -0.2) is 0 Å². The molecule has 0 fully saturated rings. The third kappa shape index (κ3) is 6.04. The molecule has 5 nitrogen and oxygen atoms in total. The van der Waals surface area contributed by atoms with Crippen LogP contribution in [0.3, 0.4) is 0 Å². The predicted molar refractivity (Wildman–Crippen MR) is 147 cm³/mol. The van der Waals surface area contributed by atoms with Gasteiger partial charge in [-0.1, -0.05) is 84.0 Å². The summed E-state index contributed by atoms with van der Waals surface area (Å²) in [5.41, 5.74) is 8.14. The van der Waals surface area contributed by atoms with E-state index in [1.807, 2.05) is 64.1 Å². The SMILES string of the molecule is CC.CC.CCc1cc2c(c(O)c1CC)c1c(C=O)cccc1n2Cc1ccccc1.CNN. The summed E-state index contributed by atoms with van der Waals surface area (Å²) in [6, 6.07) is 18.2. The number of aldehydes is 1. The molecule has 0 atom stereocenters. The van der Waals surface area contributed by atoms with Gasteiger partial charge in [0, 0.05) is 17.5 Å². The van der Waals surface area contributed by atoms with Crippen LogP contribution in [0.25, 0.3) is 21.8 Å². The Morgan fingerprint density at radius 2 is 1.53 bits per heavy atom. The minimum Gasteiger partial charge on any atom is -0.507 e. The molecule has 0 radical (unpaired) electrons. The van der Waals surface area contributed by atoms with Crippen LogP contribution >= 0.6 is 0 Å². The quantitative estimate of drug-likeness (QED) is 0.177. The zero-order valence-corrected chi connectivity index (χ0v) is 21.8. The van der Waals surface area contributed by atoms with E-state index in [1.165, 1.54) is 5.56 Å². The molecule has 0 aliphatic carbocycles. The minimum atomic E-state index is 0.318. The van der Waals surface area contributed by atoms with Crippen LogP contribution in [-0.4, -0.2) is 23.0 Å². The molecule has 5 heteroatoms. The third-order valence-electron chi connectivity index (χ3n) is 5.43. The van der Waals surface area contributed by atoms with Crippen molar-refractivity contribution >= 4 is 28.1 Å². The predicted octanol–water partition coefficient (Wildman–Crippen LogP) is 6.62. The van der Waals surface area contributed by atoms with Gasteiger partial charge in [0.05, 0.1) is 16.4 Å². The highest BCUT2D eigenvalue weighted by Gasteiger charge is 2.20. The van der Waals surface area contributed by atoms with Crippen LogP contribution in [0.2, 0.25) is 0 Å². The molecule has 3 aromatic carbocycles. The highest BCUT2D eigenvalue weighted by Crippen LogP contribution is 2.41. The van der Waals surface area contributed by atoms with E-state index in [4.69, 9.17) is 0 Å². The average molecular weight is 464 g/mol. The smallest absolute Gasteiger partial charge is 0.150 e. The van der Waals surface area contributed by atoms with Crippen molar-refractivity contribution in [2.75, 3.05) is 7.05 Å². The van der Waals surface area contributed by atoms with Crippen molar-refractivity contribution < 1.29 is 9.90 Å². The molecule has 0 saturated carbocycles. The Morgan fingerprint density at radius 3 is 2.06 bits per heavy atom. The lowest BCUT2D eigenvalue weighted by atomic mass is 9.97. The monoisotopic (exact) mass is 463 g/mol. The number of phenols is 1. The maximum atomic E-state index is 11.7. The minimum absolute atomic E-state index is 0.318. The summed E-state index contributed by atoms with van der Waals surface area (Å²) < 4.78 is 2.21. The van der Waals surface area contributed by atoms with Gasteiger partial charge in [-0.15, -0.1) is 0 Å². The van der Waals surface area contributed by atoms with E-state index in [-0.39, 0.29) is 0 Å². The topological polar surface area (TPSA) is 80.3 Å². The number of nitrogens with zero attached hydrogens (tertiary/aromatic N) is 1. The normalized spacial score (nSPS) is 9.88. The standard InChI is InChI=1S/C24H23NO2.2C2H6.CH6N2/c1-3-17-13-21-23(24(27)19(17)4-2)22-18(15-26)11-8-12-20(22)25(21)14-16-9-6-5-7-10-16;2*1-2;1-3-2/h5-13,15,27H,3-4,14H2,1-2H3;2*1-2H3;3H,2H2,1H3. The largest absolute Gasteiger partial charge is 0.507 e. The zero-order valence-electron chi connectivity index (χ0n) is 21.8. The second-order valence-corrected chi connectivity index (χ2v) is 7.18. The summed E-state index contributed by atoms with van der Waals surface area (Å²) in [6.45, 7) is 12.9. The molecule has 0 aliphatic rings. The fourth-order valence-electron chi connectivity index (χ4n) is 4.14. The lowest BCUT2D eigenvalue weighted by Crippen LogP contribution is -2.13. The van der Waals surface area contributed by atoms with Crippen LogP contribution < -0.4 is 11.3 Å². The fourth-order valence-corrected chi connectivity index (χ4v) is 4.14. The number of hydrogen-bond acceptors (Lipinski definition) is 4. The van der Waals surface area contributed by atoms with Crippen LogP contribution in [0, 0.1) is 0 Å². The van der Waals surface area contributed by atoms with Crippen molar-refractivity contribution in [3.05, 3.63) is 76.9 Å². The van der Waals surface area contributed by atoms with Crippen molar-refractivity contribution in [2.45, 2.75) is 60.9 Å². The summed E-state index contributed by atoms with van der Waals surface area (Å²) in [5.74, 6) is 4.91. The Balaban J connectivity index is 0.000000750. The summed E-state index contributed by atoms with van der Waals surface area (Å²) in [5, 5.41) is 12.8. The first kappa shape index (κ1) is 28.9. The first-order valence-corrected chi connectivity index (χ1v) is 12.3. The van der Waals surface area contributed by atoms with E-state index in [1.54, 1.807) is 7.05 Å². The second kappa shape index (κ2) is 14.9. The third-order valence-corrected chi connectivity index (χ3v) is 5.43. The van der Waals surface area contributed by atoms with Crippen LogP contribution in [0.1, 0.15) is 68.6 Å². The first-order valence-electron chi connectivity index (χ1n) is 12.3. The summed E-state index contributed by atoms with van der Waals surface area (Å²) in [6.07, 6.45) is 2.51. The molecular formula is C29H41N3O2. The van der Waals surface area contributed by atoms with Gasteiger partial charge in [0.25, 0.3) is 0 Å². The van der Waals surface area contributed by atoms with E-state index in [0.29, 0.717) is 17.9 Å². The van der Waals surface area contributed by atoms with Crippen LogP contribution in [0.4, 0.5) is 0 Å². The summed E-state index contributed by atoms with van der Waals surface area (Å²) in [7, 11) is 1.65. The van der Waals surface area contributed by atoms with Gasteiger partial charge in [0.1, 0.15) is 5.75 Å². The number of aromatic nitrogens is 1. The van der Waals surface area contributed by atoms with Gasteiger partial charge in [0.15, 0.2) is 6.29 Å². The molecule has 0 unspecified atom stereocenters. The highest BCUT2D eigenvalue weighted by molar-refractivity contribution is 6.17. The van der Waals surface area contributed by atoms with Crippen molar-refractivity contribution in [2.24, 2.45) is 5.84 Å². The number of benzene rings is 3. The number of aromatic hydroxyl groups is 1. The highest BCUT2D eigenvalue weighted by atomic mass is 16.3. The molecule has 0 aliphatic heterocycles. The number of carbonyl (C=O) groups is 1. The number of hydrogen-bond donors (Lipinski definition) is 3. The number of aryl methyl sites for hydroxylation is 1. The molecule has 1 heterocycles. The Morgan fingerprint density at radius 1 is 0.912 bits per heavy atom. The molecule has 0 bridgehead atoms. The lowest BCUT2D eigenvalue weighted by molar-refractivity contribution is 0.112. The molecule has 0 spiro atoms. The Labute approximate surface area is 204 Å². The van der Waals surface area contributed by atoms with Gasteiger partial charge in [-0.2, -0.15) is 0 Å². The Hall–Kier alpha value is -3.15. The number of rotatable bonds is 5. The van der Waals surface area contributed by atoms with Crippen LogP contribution in [0.15, 0.2) is 54.6 Å². The second-order valence-electron chi connectivity index (χ2n) is 7.18. The van der Waals surface area contributed by atoms with Gasteiger partial charge >= 0.3 is 0 Å². The van der Waals surface area contributed by atoms with Gasteiger partial charge < -0.3 is 9.67 Å². The van der Waals surface area contributed by atoms with Crippen molar-refractivity contribution in [3.8, 4) is 5.75 Å². The molecule has 0 amide bonds. The fraction of sp³-hybridized carbons (Fsp3) is 0.345. The number of phenolic OH excluding ortho intramolecular Hbond substituents is 1. The van der Waals surface area contributed by atoms with E-state index in [9.17, 15) is 9.90 Å². The van der Waals surface area contributed by atoms with Crippen molar-refractivity contribution in [1.82, 2.24) is 9.99 Å². The van der Waals surface area contributed by atoms with E-state index >= 15 is 0 Å². The molecule has 1 aromatic heterocycles. The number of nitrogens with two attached hydrogens (primary N) is 1. The first-order chi connectivity index (χ1) is 16.6. The van der Waals surface area contributed by atoms with Gasteiger partial charge in [0.2, 0.25) is 0 Å². The van der Waals surface area contributed by atoms with Crippen LogP contribution in [-0.2, 0) is 19.4 Å². The van der Waals surface area contributed by atoms with E-state index in [2.05, 4.69) is 47.9 Å². The molecular weight excluding hydrogens is 422 g/mol. The number of fused-ring (bicyclic) bond motifs is 3. The zero-order chi connectivity index (χ0) is 25.7. The van der Waals surface area contributed by atoms with Crippen LogP contribution in [0.5, 0.6) is 5.75 Å². The molecule has 0 saturated heterocycles. The number of carbonyl (C=O) groups excluding carboxylic acids is 1. The maximum absolute atomic E-state index is 11.7. The molecule has 4 N–H and O–H groups in total.